The van der Waals surface area contributed by atoms with E-state index in [-0.39, 0.29) is 11.6 Å². The van der Waals surface area contributed by atoms with Crippen LogP contribution in [0.1, 0.15) is 16.8 Å². The van der Waals surface area contributed by atoms with Crippen LogP contribution in [0.5, 0.6) is 0 Å². The number of hydrogen-bond acceptors (Lipinski definition) is 5. The number of benzene rings is 1. The smallest absolute Gasteiger partial charge is 0.271 e. The molecule has 0 bridgehead atoms. The van der Waals surface area contributed by atoms with Gasteiger partial charge in [0.2, 0.25) is 0 Å². The summed E-state index contributed by atoms with van der Waals surface area (Å²) >= 11 is 3.24. The van der Waals surface area contributed by atoms with E-state index in [0.29, 0.717) is 29.2 Å². The number of amides is 1. The quantitative estimate of drug-likeness (QED) is 0.632. The lowest BCUT2D eigenvalue weighted by molar-refractivity contribution is -0.385. The highest BCUT2D eigenvalue weighted by Crippen LogP contribution is 2.23. The van der Waals surface area contributed by atoms with Crippen LogP contribution in [0.25, 0.3) is 0 Å². The molecule has 3 rings (SSSR count). The molecule has 1 aromatic carbocycles. The fourth-order valence-electron chi connectivity index (χ4n) is 3.23. The van der Waals surface area contributed by atoms with Crippen molar-refractivity contribution >= 4 is 27.5 Å². The van der Waals surface area contributed by atoms with Crippen LogP contribution in [-0.4, -0.2) is 65.9 Å². The number of piperazine rings is 1. The van der Waals surface area contributed by atoms with Gasteiger partial charge >= 0.3 is 0 Å². The number of rotatable bonds is 3. The van der Waals surface area contributed by atoms with E-state index < -0.39 is 4.92 Å². The average molecular weight is 383 g/mol. The Hall–Kier alpha value is -1.51. The summed E-state index contributed by atoms with van der Waals surface area (Å²) in [7, 11) is 0. The summed E-state index contributed by atoms with van der Waals surface area (Å²) in [4.78, 5) is 27.3. The second-order valence-corrected chi connectivity index (χ2v) is 6.85. The van der Waals surface area contributed by atoms with Gasteiger partial charge in [0.1, 0.15) is 0 Å². The SMILES string of the molecule is O=C(c1cc(Br)cc([N+](=O)[O-])c1)N1CCN(C2CCNC2)CC1. The monoisotopic (exact) mass is 382 g/mol. The van der Waals surface area contributed by atoms with Gasteiger partial charge in [-0.25, -0.2) is 0 Å². The first-order valence-corrected chi connectivity index (χ1v) is 8.53. The van der Waals surface area contributed by atoms with Gasteiger partial charge in [-0.05, 0) is 19.0 Å². The van der Waals surface area contributed by atoms with Crippen LogP contribution in [0.15, 0.2) is 22.7 Å². The van der Waals surface area contributed by atoms with Crippen LogP contribution in [-0.2, 0) is 0 Å². The fraction of sp³-hybridized carbons (Fsp3) is 0.533. The van der Waals surface area contributed by atoms with E-state index in [9.17, 15) is 14.9 Å². The predicted molar refractivity (Wildman–Crippen MR) is 89.5 cm³/mol. The zero-order valence-corrected chi connectivity index (χ0v) is 14.3. The van der Waals surface area contributed by atoms with Crippen LogP contribution in [0, 0.1) is 10.1 Å². The normalized spacial score (nSPS) is 22.3. The molecule has 7 nitrogen and oxygen atoms in total. The molecule has 0 spiro atoms. The van der Waals surface area contributed by atoms with Gasteiger partial charge in [-0.3, -0.25) is 19.8 Å². The Morgan fingerprint density at radius 2 is 2.00 bits per heavy atom. The number of carbonyl (C=O) groups is 1. The lowest BCUT2D eigenvalue weighted by Crippen LogP contribution is -2.52. The van der Waals surface area contributed by atoms with E-state index in [0.717, 1.165) is 32.6 Å². The molecule has 1 unspecified atom stereocenters. The van der Waals surface area contributed by atoms with Crippen LogP contribution in [0.3, 0.4) is 0 Å². The molecule has 1 N–H and O–H groups in total. The van der Waals surface area contributed by atoms with Crippen molar-refractivity contribution in [3.05, 3.63) is 38.3 Å². The standard InChI is InChI=1S/C15H19BrN4O3/c16-12-7-11(8-14(9-12)20(22)23)15(21)19-5-3-18(4-6-19)13-1-2-17-10-13/h7-9,13,17H,1-6,10H2. The first kappa shape index (κ1) is 16.4. The second-order valence-electron chi connectivity index (χ2n) is 5.93. The fourth-order valence-corrected chi connectivity index (χ4v) is 3.71. The third-order valence-corrected chi connectivity index (χ3v) is 4.95. The van der Waals surface area contributed by atoms with Gasteiger partial charge in [-0.1, -0.05) is 15.9 Å². The first-order chi connectivity index (χ1) is 11.0. The van der Waals surface area contributed by atoms with Crippen LogP contribution in [0.2, 0.25) is 0 Å². The van der Waals surface area contributed by atoms with Crippen molar-refractivity contribution in [3.63, 3.8) is 0 Å². The lowest BCUT2D eigenvalue weighted by atomic mass is 10.1. The maximum atomic E-state index is 12.6. The van der Waals surface area contributed by atoms with Gasteiger partial charge in [0, 0.05) is 60.9 Å². The Bertz CT molecular complexity index is 611. The van der Waals surface area contributed by atoms with E-state index in [1.165, 1.54) is 12.1 Å². The van der Waals surface area contributed by atoms with E-state index in [2.05, 4.69) is 26.1 Å². The number of nitro benzene ring substituents is 1. The lowest BCUT2D eigenvalue weighted by Gasteiger charge is -2.37. The summed E-state index contributed by atoms with van der Waals surface area (Å²) < 4.78 is 0.547. The number of nitrogens with zero attached hydrogens (tertiary/aromatic N) is 3. The van der Waals surface area contributed by atoms with Crippen LogP contribution < -0.4 is 5.32 Å². The molecule has 2 fully saturated rings. The first-order valence-electron chi connectivity index (χ1n) is 7.73. The highest BCUT2D eigenvalue weighted by molar-refractivity contribution is 9.10. The second kappa shape index (κ2) is 6.94. The molecule has 0 aromatic heterocycles. The molecule has 1 amide bonds. The maximum Gasteiger partial charge on any atom is 0.271 e. The molecular formula is C15H19BrN4O3. The topological polar surface area (TPSA) is 78.7 Å². The van der Waals surface area contributed by atoms with Gasteiger partial charge in [0.05, 0.1) is 4.92 Å². The van der Waals surface area contributed by atoms with E-state index in [4.69, 9.17) is 0 Å². The average Bonchev–Trinajstić information content (AvgIpc) is 3.08. The van der Waals surface area contributed by atoms with Crippen molar-refractivity contribution in [2.75, 3.05) is 39.3 Å². The largest absolute Gasteiger partial charge is 0.336 e. The minimum atomic E-state index is -0.480. The van der Waals surface area contributed by atoms with Gasteiger partial charge < -0.3 is 10.2 Å². The number of nitrogens with one attached hydrogen (secondary N) is 1. The van der Waals surface area contributed by atoms with Crippen molar-refractivity contribution in [1.29, 1.82) is 0 Å². The van der Waals surface area contributed by atoms with E-state index >= 15 is 0 Å². The van der Waals surface area contributed by atoms with Gasteiger partial charge in [0.25, 0.3) is 11.6 Å². The summed E-state index contributed by atoms with van der Waals surface area (Å²) in [5.41, 5.74) is 0.292. The molecule has 2 aliphatic heterocycles. The van der Waals surface area contributed by atoms with Gasteiger partial charge in [-0.15, -0.1) is 0 Å². The Morgan fingerprint density at radius 1 is 1.26 bits per heavy atom. The Balaban J connectivity index is 1.66. The summed E-state index contributed by atoms with van der Waals surface area (Å²) in [6.45, 7) is 5.12. The summed E-state index contributed by atoms with van der Waals surface area (Å²) in [6.07, 6.45) is 1.16. The van der Waals surface area contributed by atoms with Gasteiger partial charge in [0.15, 0.2) is 0 Å². The maximum absolute atomic E-state index is 12.6. The van der Waals surface area contributed by atoms with Crippen molar-refractivity contribution in [1.82, 2.24) is 15.1 Å². The zero-order chi connectivity index (χ0) is 16.4. The summed E-state index contributed by atoms with van der Waals surface area (Å²) in [6, 6.07) is 4.96. The number of non-ortho nitro benzene ring substituents is 1. The third-order valence-electron chi connectivity index (χ3n) is 4.49. The van der Waals surface area contributed by atoms with Gasteiger partial charge in [-0.2, -0.15) is 0 Å². The zero-order valence-electron chi connectivity index (χ0n) is 12.7. The molecule has 8 heteroatoms. The molecule has 1 aromatic rings. The van der Waals surface area contributed by atoms with E-state index in [1.54, 1.807) is 11.0 Å². The molecule has 124 valence electrons. The molecule has 0 aliphatic carbocycles. The van der Waals surface area contributed by atoms with Crippen molar-refractivity contribution in [3.8, 4) is 0 Å². The number of halogens is 1. The number of nitro groups is 1. The molecule has 23 heavy (non-hydrogen) atoms. The minimum Gasteiger partial charge on any atom is -0.336 e. The van der Waals surface area contributed by atoms with E-state index in [1.807, 2.05) is 0 Å². The molecule has 2 saturated heterocycles. The van der Waals surface area contributed by atoms with Crippen molar-refractivity contribution < 1.29 is 9.72 Å². The predicted octanol–water partition coefficient (Wildman–Crippen LogP) is 1.48. The van der Waals surface area contributed by atoms with Crippen molar-refractivity contribution in [2.24, 2.45) is 0 Å². The Morgan fingerprint density at radius 3 is 2.61 bits per heavy atom. The summed E-state index contributed by atoms with van der Waals surface area (Å²) in [5.74, 6) is -0.140. The third kappa shape index (κ3) is 3.70. The molecule has 2 aliphatic rings. The minimum absolute atomic E-state index is 0.0709. The Kier molecular flexibility index (Phi) is 4.93. The number of carbonyl (C=O) groups excluding carboxylic acids is 1. The molecular weight excluding hydrogens is 364 g/mol. The number of hydrogen-bond donors (Lipinski definition) is 1. The van der Waals surface area contributed by atoms with Crippen LogP contribution in [0.4, 0.5) is 5.69 Å². The highest BCUT2D eigenvalue weighted by atomic mass is 79.9. The molecule has 1 atom stereocenters. The Labute approximate surface area is 142 Å². The molecule has 0 radical (unpaired) electrons. The van der Waals surface area contributed by atoms with Crippen LogP contribution >= 0.6 is 15.9 Å². The highest BCUT2D eigenvalue weighted by Gasteiger charge is 2.28. The molecule has 0 saturated carbocycles. The molecule has 2 heterocycles. The van der Waals surface area contributed by atoms with Crippen molar-refractivity contribution in [2.45, 2.75) is 12.5 Å². The summed E-state index contributed by atoms with van der Waals surface area (Å²) in [5, 5.41) is 14.3.